The van der Waals surface area contributed by atoms with Crippen molar-refractivity contribution in [2.75, 3.05) is 33.9 Å². The van der Waals surface area contributed by atoms with Gasteiger partial charge in [0.25, 0.3) is 0 Å². The van der Waals surface area contributed by atoms with Crippen molar-refractivity contribution in [1.82, 2.24) is 19.9 Å². The Hall–Kier alpha value is -1.99. The number of nitrogens with zero attached hydrogens (tertiary/aromatic N) is 4. The molecule has 0 bridgehead atoms. The molecule has 0 spiro atoms. The highest BCUT2D eigenvalue weighted by atomic mass is 16.5. The van der Waals surface area contributed by atoms with Crippen LogP contribution in [0.2, 0.25) is 0 Å². The van der Waals surface area contributed by atoms with E-state index in [1.54, 1.807) is 16.8 Å². The lowest BCUT2D eigenvalue weighted by Gasteiger charge is -2.09. The molecule has 0 saturated heterocycles. The standard InChI is InChI=1S/C13H18N4O3/c1-16(2)5-7-20-8-6-17-12-9-10(13(18)19)3-4-11(12)14-15-17/h3-4,9H,5-8H2,1-2H3,(H,18,19). The SMILES string of the molecule is CN(C)CCOCCn1nnc2ccc(C(=O)O)cc21. The van der Waals surface area contributed by atoms with Crippen LogP contribution in [0, 0.1) is 0 Å². The van der Waals surface area contributed by atoms with E-state index in [9.17, 15) is 4.79 Å². The van der Waals surface area contributed by atoms with Crippen molar-refractivity contribution in [3.05, 3.63) is 23.8 Å². The van der Waals surface area contributed by atoms with Crippen molar-refractivity contribution < 1.29 is 14.6 Å². The van der Waals surface area contributed by atoms with E-state index < -0.39 is 5.97 Å². The summed E-state index contributed by atoms with van der Waals surface area (Å²) in [5.41, 5.74) is 1.62. The van der Waals surface area contributed by atoms with Crippen LogP contribution in [-0.2, 0) is 11.3 Å². The number of rotatable bonds is 7. The van der Waals surface area contributed by atoms with Gasteiger partial charge in [-0.2, -0.15) is 0 Å². The Morgan fingerprint density at radius 2 is 2.20 bits per heavy atom. The number of carbonyl (C=O) groups is 1. The minimum Gasteiger partial charge on any atom is -0.478 e. The molecule has 108 valence electrons. The first-order chi connectivity index (χ1) is 9.58. The Labute approximate surface area is 116 Å². The molecule has 20 heavy (non-hydrogen) atoms. The largest absolute Gasteiger partial charge is 0.478 e. The Bertz CT molecular complexity index is 594. The second kappa shape index (κ2) is 6.44. The maximum atomic E-state index is 11.0. The molecule has 0 atom stereocenters. The fourth-order valence-electron chi connectivity index (χ4n) is 1.76. The molecule has 1 heterocycles. The molecule has 1 aromatic heterocycles. The third-order valence-corrected chi connectivity index (χ3v) is 2.89. The second-order valence-electron chi connectivity index (χ2n) is 4.74. The van der Waals surface area contributed by atoms with Crippen LogP contribution in [0.25, 0.3) is 11.0 Å². The van der Waals surface area contributed by atoms with Crippen LogP contribution in [0.3, 0.4) is 0 Å². The molecule has 0 radical (unpaired) electrons. The molecule has 7 heteroatoms. The number of ether oxygens (including phenoxy) is 1. The highest BCUT2D eigenvalue weighted by molar-refractivity contribution is 5.92. The van der Waals surface area contributed by atoms with Crippen LogP contribution in [0.5, 0.6) is 0 Å². The van der Waals surface area contributed by atoms with E-state index in [0.29, 0.717) is 30.8 Å². The lowest BCUT2D eigenvalue weighted by atomic mass is 10.2. The first-order valence-electron chi connectivity index (χ1n) is 6.37. The molecular weight excluding hydrogens is 260 g/mol. The topological polar surface area (TPSA) is 80.5 Å². The van der Waals surface area contributed by atoms with Crippen LogP contribution in [0.4, 0.5) is 0 Å². The predicted octanol–water partition coefficient (Wildman–Crippen LogP) is 0.708. The summed E-state index contributed by atoms with van der Waals surface area (Å²) in [6, 6.07) is 4.77. The fraction of sp³-hybridized carbons (Fsp3) is 0.462. The number of fused-ring (bicyclic) bond motifs is 1. The molecule has 2 aromatic rings. The van der Waals surface area contributed by atoms with E-state index in [0.717, 1.165) is 6.54 Å². The van der Waals surface area contributed by atoms with Crippen LogP contribution < -0.4 is 0 Å². The van der Waals surface area contributed by atoms with E-state index in [4.69, 9.17) is 9.84 Å². The number of carboxylic acids is 1. The molecule has 0 aliphatic carbocycles. The summed E-state index contributed by atoms with van der Waals surface area (Å²) in [4.78, 5) is 13.0. The van der Waals surface area contributed by atoms with Crippen LogP contribution in [-0.4, -0.2) is 64.8 Å². The van der Waals surface area contributed by atoms with E-state index in [1.807, 2.05) is 19.0 Å². The molecule has 0 fully saturated rings. The van der Waals surface area contributed by atoms with Crippen molar-refractivity contribution in [3.8, 4) is 0 Å². The van der Waals surface area contributed by atoms with Gasteiger partial charge in [-0.05, 0) is 32.3 Å². The Morgan fingerprint density at radius 1 is 1.40 bits per heavy atom. The maximum Gasteiger partial charge on any atom is 0.335 e. The van der Waals surface area contributed by atoms with Crippen LogP contribution in [0.15, 0.2) is 18.2 Å². The zero-order valence-electron chi connectivity index (χ0n) is 11.6. The van der Waals surface area contributed by atoms with Crippen LogP contribution >= 0.6 is 0 Å². The number of hydrogen-bond acceptors (Lipinski definition) is 5. The van der Waals surface area contributed by atoms with E-state index >= 15 is 0 Å². The van der Waals surface area contributed by atoms with Crippen molar-refractivity contribution in [2.24, 2.45) is 0 Å². The Balaban J connectivity index is 1.99. The third-order valence-electron chi connectivity index (χ3n) is 2.89. The normalized spacial score (nSPS) is 11.3. The van der Waals surface area contributed by atoms with E-state index in [-0.39, 0.29) is 5.56 Å². The summed E-state index contributed by atoms with van der Waals surface area (Å²) in [5.74, 6) is -0.957. The first kappa shape index (κ1) is 14.4. The van der Waals surface area contributed by atoms with Gasteiger partial charge >= 0.3 is 5.97 Å². The number of aromatic carboxylic acids is 1. The van der Waals surface area contributed by atoms with Gasteiger partial charge in [-0.15, -0.1) is 5.10 Å². The summed E-state index contributed by atoms with van der Waals surface area (Å²) >= 11 is 0. The van der Waals surface area contributed by atoms with Gasteiger partial charge in [-0.25, -0.2) is 9.48 Å². The average molecular weight is 278 g/mol. The van der Waals surface area contributed by atoms with Gasteiger partial charge in [0.1, 0.15) is 5.52 Å². The molecule has 0 unspecified atom stereocenters. The molecule has 1 aromatic carbocycles. The molecule has 0 amide bonds. The lowest BCUT2D eigenvalue weighted by Crippen LogP contribution is -2.19. The highest BCUT2D eigenvalue weighted by Gasteiger charge is 2.09. The van der Waals surface area contributed by atoms with Gasteiger partial charge in [0.2, 0.25) is 0 Å². The summed E-state index contributed by atoms with van der Waals surface area (Å²) in [5, 5.41) is 17.0. The van der Waals surface area contributed by atoms with E-state index in [2.05, 4.69) is 10.3 Å². The minimum absolute atomic E-state index is 0.231. The zero-order chi connectivity index (χ0) is 14.5. The third kappa shape index (κ3) is 3.52. The highest BCUT2D eigenvalue weighted by Crippen LogP contribution is 2.13. The van der Waals surface area contributed by atoms with Crippen molar-refractivity contribution >= 4 is 17.0 Å². The van der Waals surface area contributed by atoms with E-state index in [1.165, 1.54) is 6.07 Å². The lowest BCUT2D eigenvalue weighted by molar-refractivity contribution is 0.0697. The van der Waals surface area contributed by atoms with Gasteiger partial charge in [0.05, 0.1) is 30.8 Å². The molecule has 0 saturated carbocycles. The zero-order valence-corrected chi connectivity index (χ0v) is 11.6. The summed E-state index contributed by atoms with van der Waals surface area (Å²) in [6.07, 6.45) is 0. The fourth-order valence-corrected chi connectivity index (χ4v) is 1.76. The van der Waals surface area contributed by atoms with Crippen LogP contribution in [0.1, 0.15) is 10.4 Å². The van der Waals surface area contributed by atoms with Gasteiger partial charge in [0, 0.05) is 6.54 Å². The van der Waals surface area contributed by atoms with Crippen molar-refractivity contribution in [2.45, 2.75) is 6.54 Å². The molecular formula is C13H18N4O3. The van der Waals surface area contributed by atoms with Crippen molar-refractivity contribution in [3.63, 3.8) is 0 Å². The van der Waals surface area contributed by atoms with Gasteiger partial charge in [-0.1, -0.05) is 5.21 Å². The number of carboxylic acid groups (broad SMARTS) is 1. The first-order valence-corrected chi connectivity index (χ1v) is 6.37. The Morgan fingerprint density at radius 3 is 2.90 bits per heavy atom. The number of benzene rings is 1. The molecule has 7 nitrogen and oxygen atoms in total. The number of likely N-dealkylation sites (N-methyl/N-ethyl adjacent to an activating group) is 1. The average Bonchev–Trinajstić information content (AvgIpc) is 2.80. The summed E-state index contributed by atoms with van der Waals surface area (Å²) < 4.78 is 7.16. The van der Waals surface area contributed by atoms with Gasteiger partial charge in [0.15, 0.2) is 0 Å². The van der Waals surface area contributed by atoms with Gasteiger partial charge < -0.3 is 14.7 Å². The quantitative estimate of drug-likeness (QED) is 0.751. The molecule has 2 rings (SSSR count). The van der Waals surface area contributed by atoms with Crippen molar-refractivity contribution in [1.29, 1.82) is 0 Å². The molecule has 1 N–H and O–H groups in total. The predicted molar refractivity (Wildman–Crippen MR) is 73.9 cm³/mol. The second-order valence-corrected chi connectivity index (χ2v) is 4.74. The monoisotopic (exact) mass is 278 g/mol. The Kier molecular flexibility index (Phi) is 4.65. The smallest absolute Gasteiger partial charge is 0.335 e. The summed E-state index contributed by atoms with van der Waals surface area (Å²) in [7, 11) is 3.98. The number of aromatic nitrogens is 3. The minimum atomic E-state index is -0.957. The molecule has 0 aliphatic heterocycles. The maximum absolute atomic E-state index is 11.0. The van der Waals surface area contributed by atoms with Gasteiger partial charge in [-0.3, -0.25) is 0 Å². The summed E-state index contributed by atoms with van der Waals surface area (Å²) in [6.45, 7) is 2.58. The molecule has 0 aliphatic rings. The number of hydrogen-bond donors (Lipinski definition) is 1.